The van der Waals surface area contributed by atoms with E-state index in [1.54, 1.807) is 23.5 Å². The van der Waals surface area contributed by atoms with Crippen LogP contribution in [0.25, 0.3) is 10.2 Å². The van der Waals surface area contributed by atoms with Crippen LogP contribution in [0.4, 0.5) is 13.2 Å². The van der Waals surface area contributed by atoms with E-state index in [1.807, 2.05) is 24.3 Å². The normalized spacial score (nSPS) is 17.5. The molecule has 1 aliphatic heterocycles. The fraction of sp³-hybridized carbons (Fsp3) is 0.316. The Morgan fingerprint density at radius 3 is 2.35 bits per heavy atom. The summed E-state index contributed by atoms with van der Waals surface area (Å²) in [4.78, 5) is 7.06. The largest absolute Gasteiger partial charge is 0.416 e. The van der Waals surface area contributed by atoms with Crippen LogP contribution in [0.1, 0.15) is 22.2 Å². The van der Waals surface area contributed by atoms with Gasteiger partial charge in [-0.3, -0.25) is 4.90 Å². The van der Waals surface area contributed by atoms with Gasteiger partial charge >= 0.3 is 6.18 Å². The van der Waals surface area contributed by atoms with Gasteiger partial charge in [0, 0.05) is 26.2 Å². The molecule has 1 aliphatic rings. The molecule has 3 aromatic rings. The highest BCUT2D eigenvalue weighted by atomic mass is 32.1. The van der Waals surface area contributed by atoms with E-state index in [1.165, 1.54) is 0 Å². The van der Waals surface area contributed by atoms with Crippen molar-refractivity contribution in [2.45, 2.75) is 12.2 Å². The number of alkyl halides is 3. The molecule has 1 aromatic heterocycles. The van der Waals surface area contributed by atoms with Crippen molar-refractivity contribution in [3.05, 3.63) is 64.7 Å². The fourth-order valence-electron chi connectivity index (χ4n) is 3.31. The van der Waals surface area contributed by atoms with Crippen LogP contribution in [0.2, 0.25) is 0 Å². The van der Waals surface area contributed by atoms with Crippen LogP contribution in [0.3, 0.4) is 0 Å². The van der Waals surface area contributed by atoms with Gasteiger partial charge in [0.15, 0.2) is 0 Å². The summed E-state index contributed by atoms with van der Waals surface area (Å²) in [6, 6.07) is 13.3. The predicted octanol–water partition coefficient (Wildman–Crippen LogP) is 4.31. The molecule has 1 unspecified atom stereocenters. The maximum atomic E-state index is 12.9. The SMILES string of the molecule is FC(F)(F)c1ccc(C(c2nc3ccccc3s2)N2CCNCC2)cc1. The first kappa shape index (κ1) is 17.5. The third-order valence-corrected chi connectivity index (χ3v) is 5.70. The molecule has 2 heterocycles. The van der Waals surface area contributed by atoms with Gasteiger partial charge < -0.3 is 5.32 Å². The van der Waals surface area contributed by atoms with E-state index >= 15 is 0 Å². The lowest BCUT2D eigenvalue weighted by Crippen LogP contribution is -2.45. The molecular formula is C19H18F3N3S. The van der Waals surface area contributed by atoms with Crippen LogP contribution in [-0.2, 0) is 6.18 Å². The second-order valence-corrected chi connectivity index (χ2v) is 7.39. The fourth-order valence-corrected chi connectivity index (χ4v) is 4.44. The van der Waals surface area contributed by atoms with Crippen LogP contribution < -0.4 is 5.32 Å². The summed E-state index contributed by atoms with van der Waals surface area (Å²) in [5.41, 5.74) is 1.16. The maximum absolute atomic E-state index is 12.9. The Kier molecular flexibility index (Phi) is 4.69. The minimum Gasteiger partial charge on any atom is -0.314 e. The summed E-state index contributed by atoms with van der Waals surface area (Å²) < 4.78 is 39.8. The van der Waals surface area contributed by atoms with E-state index in [4.69, 9.17) is 4.98 Å². The summed E-state index contributed by atoms with van der Waals surface area (Å²) >= 11 is 1.61. The lowest BCUT2D eigenvalue weighted by molar-refractivity contribution is -0.137. The molecule has 0 spiro atoms. The zero-order valence-electron chi connectivity index (χ0n) is 14.0. The molecule has 3 nitrogen and oxygen atoms in total. The number of para-hydroxylation sites is 1. The minimum atomic E-state index is -4.32. The molecule has 1 saturated heterocycles. The number of aromatic nitrogens is 1. The van der Waals surface area contributed by atoms with Crippen molar-refractivity contribution in [3.8, 4) is 0 Å². The quantitative estimate of drug-likeness (QED) is 0.737. The second kappa shape index (κ2) is 6.98. The Labute approximate surface area is 153 Å². The number of hydrogen-bond acceptors (Lipinski definition) is 4. The van der Waals surface area contributed by atoms with Gasteiger partial charge in [-0.25, -0.2) is 4.98 Å². The summed E-state index contributed by atoms with van der Waals surface area (Å²) in [6.45, 7) is 3.40. The van der Waals surface area contributed by atoms with Gasteiger partial charge in [-0.1, -0.05) is 24.3 Å². The molecule has 0 radical (unpaired) electrons. The summed E-state index contributed by atoms with van der Waals surface area (Å²) in [5, 5.41) is 4.24. The highest BCUT2D eigenvalue weighted by Crippen LogP contribution is 2.36. The van der Waals surface area contributed by atoms with Gasteiger partial charge in [-0.05, 0) is 29.8 Å². The minimum absolute atomic E-state index is 0.128. The zero-order chi connectivity index (χ0) is 18.1. The van der Waals surface area contributed by atoms with Crippen LogP contribution in [0, 0.1) is 0 Å². The molecule has 1 N–H and O–H groups in total. The Balaban J connectivity index is 1.75. The van der Waals surface area contributed by atoms with Gasteiger partial charge in [0.05, 0.1) is 21.8 Å². The van der Waals surface area contributed by atoms with Crippen LogP contribution in [0.5, 0.6) is 0 Å². The number of benzene rings is 2. The molecule has 136 valence electrons. The number of fused-ring (bicyclic) bond motifs is 1. The van der Waals surface area contributed by atoms with E-state index in [-0.39, 0.29) is 6.04 Å². The van der Waals surface area contributed by atoms with Gasteiger partial charge in [-0.2, -0.15) is 13.2 Å². The number of nitrogens with one attached hydrogen (secondary N) is 1. The first-order valence-corrected chi connectivity index (χ1v) is 9.31. The maximum Gasteiger partial charge on any atom is 0.416 e. The first-order valence-electron chi connectivity index (χ1n) is 8.50. The van der Waals surface area contributed by atoms with E-state index in [9.17, 15) is 13.2 Å². The Morgan fingerprint density at radius 1 is 1.00 bits per heavy atom. The van der Waals surface area contributed by atoms with Gasteiger partial charge in [0.2, 0.25) is 0 Å². The average Bonchev–Trinajstić information content (AvgIpc) is 3.06. The Bertz CT molecular complexity index is 850. The van der Waals surface area contributed by atoms with Gasteiger partial charge in [0.25, 0.3) is 0 Å². The monoisotopic (exact) mass is 377 g/mol. The molecular weight excluding hydrogens is 359 g/mol. The number of nitrogens with zero attached hydrogens (tertiary/aromatic N) is 2. The molecule has 0 aliphatic carbocycles. The Morgan fingerprint density at radius 2 is 1.69 bits per heavy atom. The molecule has 26 heavy (non-hydrogen) atoms. The smallest absolute Gasteiger partial charge is 0.314 e. The molecule has 4 rings (SSSR count). The number of piperazine rings is 1. The Hall–Kier alpha value is -1.96. The summed E-state index contributed by atoms with van der Waals surface area (Å²) in [5.74, 6) is 0. The number of hydrogen-bond donors (Lipinski definition) is 1. The average molecular weight is 377 g/mol. The molecule has 0 saturated carbocycles. The second-order valence-electron chi connectivity index (χ2n) is 6.33. The highest BCUT2D eigenvalue weighted by molar-refractivity contribution is 7.18. The van der Waals surface area contributed by atoms with Crippen LogP contribution in [-0.4, -0.2) is 36.1 Å². The lowest BCUT2D eigenvalue weighted by atomic mass is 10.0. The van der Waals surface area contributed by atoms with Crippen LogP contribution >= 0.6 is 11.3 Å². The van der Waals surface area contributed by atoms with Gasteiger partial charge in [0.1, 0.15) is 5.01 Å². The van der Waals surface area contributed by atoms with Crippen molar-refractivity contribution in [2.24, 2.45) is 0 Å². The standard InChI is InChI=1S/C19H18F3N3S/c20-19(21,22)14-7-5-13(6-8-14)17(25-11-9-23-10-12-25)18-24-15-3-1-2-4-16(15)26-18/h1-8,17,23H,9-12H2. The van der Waals surface area contributed by atoms with E-state index in [0.29, 0.717) is 0 Å². The molecule has 0 amide bonds. The van der Waals surface area contributed by atoms with E-state index in [2.05, 4.69) is 10.2 Å². The molecule has 0 bridgehead atoms. The van der Waals surface area contributed by atoms with Crippen molar-refractivity contribution in [2.75, 3.05) is 26.2 Å². The third-order valence-electron chi connectivity index (χ3n) is 4.61. The lowest BCUT2D eigenvalue weighted by Gasteiger charge is -2.34. The topological polar surface area (TPSA) is 28.2 Å². The summed E-state index contributed by atoms with van der Waals surface area (Å²) in [7, 11) is 0. The van der Waals surface area contributed by atoms with Crippen LogP contribution in [0.15, 0.2) is 48.5 Å². The number of halogens is 3. The zero-order valence-corrected chi connectivity index (χ0v) is 14.8. The van der Waals surface area contributed by atoms with E-state index in [0.717, 1.165) is 59.1 Å². The van der Waals surface area contributed by atoms with Crippen molar-refractivity contribution in [1.82, 2.24) is 15.2 Å². The highest BCUT2D eigenvalue weighted by Gasteiger charge is 2.32. The van der Waals surface area contributed by atoms with Crippen molar-refractivity contribution < 1.29 is 13.2 Å². The molecule has 1 atom stereocenters. The third kappa shape index (κ3) is 3.47. The molecule has 2 aromatic carbocycles. The molecule has 7 heteroatoms. The van der Waals surface area contributed by atoms with Crippen molar-refractivity contribution >= 4 is 21.6 Å². The van der Waals surface area contributed by atoms with E-state index < -0.39 is 11.7 Å². The number of rotatable bonds is 3. The molecule has 1 fully saturated rings. The summed E-state index contributed by atoms with van der Waals surface area (Å²) in [6.07, 6.45) is -4.32. The van der Waals surface area contributed by atoms with Gasteiger partial charge in [-0.15, -0.1) is 11.3 Å². The van der Waals surface area contributed by atoms with Crippen molar-refractivity contribution in [1.29, 1.82) is 0 Å². The number of thiazole rings is 1. The first-order chi connectivity index (χ1) is 12.5. The predicted molar refractivity (Wildman–Crippen MR) is 97.3 cm³/mol. The van der Waals surface area contributed by atoms with Crippen molar-refractivity contribution in [3.63, 3.8) is 0 Å².